The summed E-state index contributed by atoms with van der Waals surface area (Å²) in [5.41, 5.74) is 0.434. The SMILES string of the molecule is C=C(COc1ccc(C(C)=O)cc1OC)C(=O)O. The summed E-state index contributed by atoms with van der Waals surface area (Å²) in [7, 11) is 1.44. The van der Waals surface area contributed by atoms with Crippen LogP contribution < -0.4 is 9.47 Å². The second kappa shape index (κ2) is 5.86. The van der Waals surface area contributed by atoms with Crippen LogP contribution in [0.15, 0.2) is 30.4 Å². The lowest BCUT2D eigenvalue weighted by Gasteiger charge is -2.11. The molecule has 0 radical (unpaired) electrons. The zero-order valence-electron chi connectivity index (χ0n) is 10.2. The van der Waals surface area contributed by atoms with Gasteiger partial charge in [-0.05, 0) is 25.1 Å². The van der Waals surface area contributed by atoms with Gasteiger partial charge in [-0.25, -0.2) is 4.79 Å². The highest BCUT2D eigenvalue weighted by atomic mass is 16.5. The lowest BCUT2D eigenvalue weighted by molar-refractivity contribution is -0.133. The van der Waals surface area contributed by atoms with Crippen molar-refractivity contribution in [2.45, 2.75) is 6.92 Å². The Hall–Kier alpha value is -2.30. The highest BCUT2D eigenvalue weighted by molar-refractivity contribution is 5.94. The Labute approximate surface area is 105 Å². The van der Waals surface area contributed by atoms with Crippen LogP contribution in [0.5, 0.6) is 11.5 Å². The number of carbonyl (C=O) groups excluding carboxylic acids is 1. The first-order valence-electron chi connectivity index (χ1n) is 5.18. The van der Waals surface area contributed by atoms with Crippen molar-refractivity contribution < 1.29 is 24.2 Å². The molecule has 1 aromatic rings. The second-order valence-corrected chi connectivity index (χ2v) is 3.62. The molecule has 0 saturated heterocycles. The molecule has 1 N–H and O–H groups in total. The van der Waals surface area contributed by atoms with Gasteiger partial charge in [0.15, 0.2) is 17.3 Å². The Morgan fingerprint density at radius 1 is 1.33 bits per heavy atom. The number of ether oxygens (including phenoxy) is 2. The minimum absolute atomic E-state index is 0.0623. The summed E-state index contributed by atoms with van der Waals surface area (Å²) in [4.78, 5) is 21.8. The van der Waals surface area contributed by atoms with E-state index in [1.807, 2.05) is 0 Å². The van der Waals surface area contributed by atoms with Crippen molar-refractivity contribution in [1.82, 2.24) is 0 Å². The Morgan fingerprint density at radius 3 is 2.50 bits per heavy atom. The van der Waals surface area contributed by atoms with E-state index in [0.717, 1.165) is 0 Å². The van der Waals surface area contributed by atoms with Crippen molar-refractivity contribution >= 4 is 11.8 Å². The number of aliphatic carboxylic acids is 1. The van der Waals surface area contributed by atoms with Crippen molar-refractivity contribution in [1.29, 1.82) is 0 Å². The molecule has 0 saturated carbocycles. The zero-order valence-corrected chi connectivity index (χ0v) is 10.2. The van der Waals surface area contributed by atoms with Gasteiger partial charge in [0.1, 0.15) is 6.61 Å². The number of rotatable bonds is 6. The monoisotopic (exact) mass is 250 g/mol. The van der Waals surface area contributed by atoms with Gasteiger partial charge in [0.05, 0.1) is 12.7 Å². The fourth-order valence-electron chi connectivity index (χ4n) is 1.23. The highest BCUT2D eigenvalue weighted by Gasteiger charge is 2.10. The molecule has 1 aromatic carbocycles. The quantitative estimate of drug-likeness (QED) is 0.616. The lowest BCUT2D eigenvalue weighted by atomic mass is 10.1. The molecule has 96 valence electrons. The average molecular weight is 250 g/mol. The van der Waals surface area contributed by atoms with Crippen LogP contribution in [0.1, 0.15) is 17.3 Å². The lowest BCUT2D eigenvalue weighted by Crippen LogP contribution is -2.09. The largest absolute Gasteiger partial charge is 0.493 e. The van der Waals surface area contributed by atoms with Crippen LogP contribution in [0, 0.1) is 0 Å². The Kier molecular flexibility index (Phi) is 4.48. The van der Waals surface area contributed by atoms with E-state index in [9.17, 15) is 9.59 Å². The van der Waals surface area contributed by atoms with E-state index in [2.05, 4.69) is 6.58 Å². The maximum Gasteiger partial charge on any atom is 0.334 e. The molecule has 0 aliphatic rings. The Bertz CT molecular complexity index is 490. The van der Waals surface area contributed by atoms with E-state index >= 15 is 0 Å². The molecule has 0 heterocycles. The summed E-state index contributed by atoms with van der Waals surface area (Å²) in [6.07, 6.45) is 0. The number of carboxylic acids is 1. The van der Waals surface area contributed by atoms with E-state index in [-0.39, 0.29) is 18.0 Å². The molecular weight excluding hydrogens is 236 g/mol. The first-order chi connectivity index (χ1) is 8.45. The third-order valence-corrected chi connectivity index (χ3v) is 2.27. The van der Waals surface area contributed by atoms with Crippen LogP contribution in [0.3, 0.4) is 0 Å². The first-order valence-corrected chi connectivity index (χ1v) is 5.18. The molecule has 5 nitrogen and oxygen atoms in total. The molecule has 0 atom stereocenters. The highest BCUT2D eigenvalue weighted by Crippen LogP contribution is 2.28. The van der Waals surface area contributed by atoms with Crippen LogP contribution in [0.25, 0.3) is 0 Å². The molecule has 0 aromatic heterocycles. The van der Waals surface area contributed by atoms with Crippen molar-refractivity contribution in [2.24, 2.45) is 0 Å². The van der Waals surface area contributed by atoms with E-state index in [4.69, 9.17) is 14.6 Å². The summed E-state index contributed by atoms with van der Waals surface area (Å²) in [6.45, 7) is 4.65. The maximum atomic E-state index is 11.2. The Balaban J connectivity index is 2.86. The molecule has 0 bridgehead atoms. The summed E-state index contributed by atoms with van der Waals surface area (Å²) in [5.74, 6) is -0.463. The standard InChI is InChI=1S/C13H14O5/c1-8(13(15)16)7-18-11-5-4-10(9(2)14)6-12(11)17-3/h4-6H,1,7H2,2-3H3,(H,15,16). The van der Waals surface area contributed by atoms with E-state index < -0.39 is 5.97 Å². The molecule has 18 heavy (non-hydrogen) atoms. The third kappa shape index (κ3) is 3.35. The molecule has 0 amide bonds. The number of methoxy groups -OCH3 is 1. The van der Waals surface area contributed by atoms with Gasteiger partial charge in [0.25, 0.3) is 0 Å². The number of ketones is 1. The number of Topliss-reactive ketones (excluding diaryl/α,β-unsaturated/α-hetero) is 1. The predicted molar refractivity (Wildman–Crippen MR) is 65.3 cm³/mol. The molecular formula is C13H14O5. The molecule has 0 aliphatic carbocycles. The third-order valence-electron chi connectivity index (χ3n) is 2.27. The van der Waals surface area contributed by atoms with Gasteiger partial charge in [0.2, 0.25) is 0 Å². The van der Waals surface area contributed by atoms with Gasteiger partial charge in [-0.15, -0.1) is 0 Å². The molecule has 0 spiro atoms. The number of hydrogen-bond donors (Lipinski definition) is 1. The normalized spacial score (nSPS) is 9.67. The van der Waals surface area contributed by atoms with E-state index in [1.165, 1.54) is 14.0 Å². The summed E-state index contributed by atoms with van der Waals surface area (Å²) >= 11 is 0. The van der Waals surface area contributed by atoms with Gasteiger partial charge in [-0.2, -0.15) is 0 Å². The molecule has 1 rings (SSSR count). The number of carboxylic acid groups (broad SMARTS) is 1. The van der Waals surface area contributed by atoms with Gasteiger partial charge in [-0.1, -0.05) is 6.58 Å². The zero-order chi connectivity index (χ0) is 13.7. The van der Waals surface area contributed by atoms with Crippen LogP contribution in [0.2, 0.25) is 0 Å². The van der Waals surface area contributed by atoms with Gasteiger partial charge in [-0.3, -0.25) is 4.79 Å². The maximum absolute atomic E-state index is 11.2. The van der Waals surface area contributed by atoms with Crippen LogP contribution in [-0.4, -0.2) is 30.6 Å². The van der Waals surface area contributed by atoms with E-state index in [1.54, 1.807) is 18.2 Å². The van der Waals surface area contributed by atoms with Crippen molar-refractivity contribution in [3.05, 3.63) is 35.9 Å². The molecule has 0 unspecified atom stereocenters. The van der Waals surface area contributed by atoms with E-state index in [0.29, 0.717) is 17.1 Å². The van der Waals surface area contributed by atoms with Crippen LogP contribution in [-0.2, 0) is 4.79 Å². The number of benzene rings is 1. The predicted octanol–water partition coefficient (Wildman–Crippen LogP) is 1.92. The molecule has 5 heteroatoms. The van der Waals surface area contributed by atoms with Gasteiger partial charge in [0, 0.05) is 5.56 Å². The molecule has 0 fully saturated rings. The summed E-state index contributed by atoms with van der Waals surface area (Å²) < 4.78 is 10.3. The average Bonchev–Trinajstić information content (AvgIpc) is 2.35. The molecule has 0 aliphatic heterocycles. The van der Waals surface area contributed by atoms with Gasteiger partial charge >= 0.3 is 5.97 Å². The first kappa shape index (κ1) is 13.8. The van der Waals surface area contributed by atoms with Crippen molar-refractivity contribution in [3.8, 4) is 11.5 Å². The second-order valence-electron chi connectivity index (χ2n) is 3.62. The fraction of sp³-hybridized carbons (Fsp3) is 0.231. The summed E-state index contributed by atoms with van der Waals surface area (Å²) in [5, 5.41) is 8.65. The van der Waals surface area contributed by atoms with Gasteiger partial charge < -0.3 is 14.6 Å². The number of carbonyl (C=O) groups is 2. The Morgan fingerprint density at radius 2 is 2.00 bits per heavy atom. The minimum atomic E-state index is -1.12. The van der Waals surface area contributed by atoms with Crippen LogP contribution in [0.4, 0.5) is 0 Å². The fourth-order valence-corrected chi connectivity index (χ4v) is 1.23. The summed E-state index contributed by atoms with van der Waals surface area (Å²) in [6, 6.07) is 4.69. The smallest absolute Gasteiger partial charge is 0.334 e. The van der Waals surface area contributed by atoms with Crippen LogP contribution >= 0.6 is 0 Å². The topological polar surface area (TPSA) is 72.8 Å². The van der Waals surface area contributed by atoms with Crippen molar-refractivity contribution in [3.63, 3.8) is 0 Å². The minimum Gasteiger partial charge on any atom is -0.493 e. The van der Waals surface area contributed by atoms with Crippen molar-refractivity contribution in [2.75, 3.05) is 13.7 Å². The number of hydrogen-bond acceptors (Lipinski definition) is 4.